The molecule has 450 valence electrons. The van der Waals surface area contributed by atoms with Gasteiger partial charge in [0.2, 0.25) is 5.75 Å². The SMILES string of the molecule is CNCCOc1cc(O[C@@]23CCCC[C@@H]2CC[C@@H](C)N3)c2c3c1CCc1c-3c(cc3c1[C@@H](O)[C@H](c1cc(OC)c(O)c(OC[C@H](CO)[C@@]45c6c7cccc6C=C[C@H]4CC[C@H](C4(N6C(=O)C=C(CNC)C6=O)CCCCC4)[C@H]5C=C7)c1)CO3)N[C@@H]2O. The van der Waals surface area contributed by atoms with Gasteiger partial charge in [0.05, 0.1) is 44.1 Å². The third-order valence-corrected chi connectivity index (χ3v) is 21.9. The number of aliphatic hydroxyl groups is 3. The van der Waals surface area contributed by atoms with Crippen molar-refractivity contribution in [3.05, 3.63) is 111 Å². The van der Waals surface area contributed by atoms with Crippen LogP contribution in [0.1, 0.15) is 153 Å². The fourth-order valence-electron chi connectivity index (χ4n) is 18.3. The molecule has 0 radical (unpaired) electrons. The monoisotopic (exact) mass is 1160 g/mol. The van der Waals surface area contributed by atoms with Gasteiger partial charge in [-0.15, -0.1) is 0 Å². The number of nitrogens with one attached hydrogen (secondary N) is 4. The van der Waals surface area contributed by atoms with E-state index in [2.05, 4.69) is 70.7 Å². The molecule has 0 unspecified atom stereocenters. The fourth-order valence-corrected chi connectivity index (χ4v) is 18.3. The lowest BCUT2D eigenvalue weighted by Crippen LogP contribution is -2.66. The van der Waals surface area contributed by atoms with Gasteiger partial charge in [0.1, 0.15) is 23.9 Å². The number of phenolic OH excluding ortho intramolecular Hbond substituents is 1. The van der Waals surface area contributed by atoms with Gasteiger partial charge in [0, 0.05) is 100 Å². The largest absolute Gasteiger partial charge is 0.502 e. The molecule has 4 aromatic carbocycles. The van der Waals surface area contributed by atoms with E-state index < -0.39 is 40.8 Å². The first kappa shape index (κ1) is 56.4. The molecule has 14 rings (SSSR count). The van der Waals surface area contributed by atoms with E-state index >= 15 is 0 Å². The van der Waals surface area contributed by atoms with Crippen molar-refractivity contribution in [2.75, 3.05) is 66.0 Å². The highest BCUT2D eigenvalue weighted by Gasteiger charge is 2.64. The van der Waals surface area contributed by atoms with Crippen molar-refractivity contribution in [2.24, 2.45) is 29.6 Å². The molecule has 4 aromatic rings. The van der Waals surface area contributed by atoms with Gasteiger partial charge in [-0.1, -0.05) is 68.2 Å². The quantitative estimate of drug-likeness (QED) is 0.0366. The van der Waals surface area contributed by atoms with E-state index in [0.29, 0.717) is 90.7 Å². The second-order valence-corrected chi connectivity index (χ2v) is 26.1. The molecule has 85 heavy (non-hydrogen) atoms. The highest BCUT2D eigenvalue weighted by molar-refractivity contribution is 6.17. The Balaban J connectivity index is 0.814. The molecule has 3 saturated carbocycles. The van der Waals surface area contributed by atoms with Crippen LogP contribution in [0.3, 0.4) is 0 Å². The van der Waals surface area contributed by atoms with Gasteiger partial charge in [0.25, 0.3) is 11.8 Å². The molecule has 6 aliphatic carbocycles. The standard InChI is InChI=1S/C69H83N5O11/c1-38-14-17-43-13-6-9-26-68(43,73-38)85-54-33-52(82-28-27-70-2)46-20-21-47-58-51(72-65(79)61(54)60(46)58)32-53-59(47)63(77)48(37-84-53)41-29-55(81-4)64(78)56(30-41)83-36-45(35-75)69-44-18-15-39-11-10-12-40(62(39)69)16-22-50(69)49(23-19-44)67(24-7-5-8-25-67)74-57(76)31-42(34-71-3)66(74)80/h10-12,15-16,18,22,29-33,38,43-45,48-50,63,65,70-73,75,77-79H,5-9,13-14,17,19-21,23-28,34-37H2,1-4H3/t38-,43-,44+,45+,48+,49+,50-,63+,65-,68+,69+/m1/s1. The maximum Gasteiger partial charge on any atom is 0.258 e. The summed E-state index contributed by atoms with van der Waals surface area (Å²) in [5.74, 6) is 0.418. The van der Waals surface area contributed by atoms with Crippen LogP contribution < -0.4 is 45.0 Å². The molecular weight excluding hydrogens is 1070 g/mol. The van der Waals surface area contributed by atoms with E-state index in [0.717, 1.165) is 115 Å². The number of fused-ring (bicyclic) bond motifs is 3. The maximum absolute atomic E-state index is 14.5. The van der Waals surface area contributed by atoms with Crippen molar-refractivity contribution in [1.29, 1.82) is 0 Å². The first-order chi connectivity index (χ1) is 41.4. The number of benzene rings is 4. The van der Waals surface area contributed by atoms with Crippen LogP contribution in [-0.4, -0.2) is 115 Å². The highest BCUT2D eigenvalue weighted by atomic mass is 16.5. The van der Waals surface area contributed by atoms with Gasteiger partial charge in [-0.3, -0.25) is 19.8 Å². The van der Waals surface area contributed by atoms with Crippen LogP contribution in [0.4, 0.5) is 5.69 Å². The molecule has 10 aliphatic rings. The summed E-state index contributed by atoms with van der Waals surface area (Å²) in [6.07, 6.45) is 21.8. The number of carbonyl (C=O) groups excluding carboxylic acids is 2. The summed E-state index contributed by atoms with van der Waals surface area (Å²) < 4.78 is 33.5. The summed E-state index contributed by atoms with van der Waals surface area (Å²) in [5, 5.41) is 63.0. The number of anilines is 1. The molecule has 4 aliphatic heterocycles. The number of phenols is 1. The Kier molecular flexibility index (Phi) is 14.7. The number of amides is 2. The van der Waals surface area contributed by atoms with Crippen LogP contribution in [0.2, 0.25) is 0 Å². The minimum Gasteiger partial charge on any atom is -0.502 e. The van der Waals surface area contributed by atoms with Gasteiger partial charge >= 0.3 is 0 Å². The van der Waals surface area contributed by atoms with Crippen LogP contribution in [0.5, 0.6) is 34.5 Å². The summed E-state index contributed by atoms with van der Waals surface area (Å²) in [6.45, 7) is 3.51. The predicted octanol–water partition coefficient (Wildman–Crippen LogP) is 9.27. The number of piperidine rings is 1. The molecule has 16 nitrogen and oxygen atoms in total. The van der Waals surface area contributed by atoms with Crippen molar-refractivity contribution in [3.63, 3.8) is 0 Å². The number of aliphatic hydroxyl groups excluding tert-OH is 3. The Morgan fingerprint density at radius 1 is 0.835 bits per heavy atom. The molecule has 0 bridgehead atoms. The molecule has 16 heteroatoms. The summed E-state index contributed by atoms with van der Waals surface area (Å²) in [7, 11) is 5.20. The molecule has 8 N–H and O–H groups in total. The number of ether oxygens (including phenoxy) is 5. The predicted molar refractivity (Wildman–Crippen MR) is 324 cm³/mol. The molecule has 2 amide bonds. The number of hydrogen-bond acceptors (Lipinski definition) is 15. The smallest absolute Gasteiger partial charge is 0.258 e. The van der Waals surface area contributed by atoms with E-state index in [-0.39, 0.29) is 72.7 Å². The van der Waals surface area contributed by atoms with Gasteiger partial charge < -0.3 is 60.1 Å². The van der Waals surface area contributed by atoms with Crippen LogP contribution in [0, 0.1) is 29.6 Å². The van der Waals surface area contributed by atoms with E-state index in [9.17, 15) is 30.0 Å². The highest BCUT2D eigenvalue weighted by Crippen LogP contribution is 2.65. The molecule has 4 fully saturated rings. The second-order valence-electron chi connectivity index (χ2n) is 26.1. The first-order valence-corrected chi connectivity index (χ1v) is 31.7. The molecule has 1 saturated heterocycles. The third-order valence-electron chi connectivity index (χ3n) is 21.9. The molecule has 0 spiro atoms. The number of rotatable bonds is 17. The number of likely N-dealkylation sites (N-methyl/N-ethyl adjacent to an activating group) is 2. The molecule has 4 heterocycles. The lowest BCUT2D eigenvalue weighted by molar-refractivity contribution is -0.154. The van der Waals surface area contributed by atoms with E-state index in [1.54, 1.807) is 24.1 Å². The topological polar surface area (TPSA) is 213 Å². The Morgan fingerprint density at radius 3 is 2.41 bits per heavy atom. The van der Waals surface area contributed by atoms with Gasteiger partial charge in [-0.25, -0.2) is 0 Å². The number of imide groups is 1. The maximum atomic E-state index is 14.5. The summed E-state index contributed by atoms with van der Waals surface area (Å²) in [6, 6.07) is 14.1. The van der Waals surface area contributed by atoms with Crippen molar-refractivity contribution in [3.8, 4) is 45.6 Å². The summed E-state index contributed by atoms with van der Waals surface area (Å²) >= 11 is 0. The van der Waals surface area contributed by atoms with Crippen molar-refractivity contribution in [1.82, 2.24) is 20.9 Å². The normalized spacial score (nSPS) is 30.2. The average Bonchev–Trinajstić information content (AvgIpc) is 1.12. The van der Waals surface area contributed by atoms with Crippen LogP contribution in [-0.2, 0) is 27.8 Å². The number of hydrogen-bond donors (Lipinski definition) is 8. The Hall–Kier alpha value is -6.40. The number of methoxy groups -OCH3 is 1. The first-order valence-electron chi connectivity index (χ1n) is 31.7. The summed E-state index contributed by atoms with van der Waals surface area (Å²) in [5.41, 5.74) is 8.16. The summed E-state index contributed by atoms with van der Waals surface area (Å²) in [4.78, 5) is 30.4. The van der Waals surface area contributed by atoms with Gasteiger partial charge in [0.15, 0.2) is 23.5 Å². The third kappa shape index (κ3) is 8.79. The zero-order valence-corrected chi connectivity index (χ0v) is 49.6. The van der Waals surface area contributed by atoms with Gasteiger partial charge in [-0.2, -0.15) is 0 Å². The lowest BCUT2D eigenvalue weighted by atomic mass is 9.43. The van der Waals surface area contributed by atoms with Crippen LogP contribution in [0.15, 0.2) is 66.3 Å². The fraction of sp³-hybridized carbons (Fsp3) is 0.536. The second kappa shape index (κ2) is 22.1. The number of aromatic hydroxyl groups is 1. The Bertz CT molecular complexity index is 3420. The number of nitrogens with zero attached hydrogens (tertiary/aromatic N) is 1. The Morgan fingerprint density at radius 2 is 1.62 bits per heavy atom. The minimum absolute atomic E-state index is 0.00710. The lowest BCUT2D eigenvalue weighted by Gasteiger charge is -2.63. The van der Waals surface area contributed by atoms with Crippen molar-refractivity contribution in [2.45, 2.75) is 144 Å². The zero-order chi connectivity index (χ0) is 58.5. The molecule has 0 aromatic heterocycles. The van der Waals surface area contributed by atoms with Crippen molar-refractivity contribution < 1.29 is 53.7 Å². The van der Waals surface area contributed by atoms with E-state index in [1.165, 1.54) is 13.2 Å². The zero-order valence-electron chi connectivity index (χ0n) is 49.6. The average molecular weight is 1160 g/mol. The molecule has 11 atom stereocenters. The molecular formula is C69H83N5O11. The van der Waals surface area contributed by atoms with Crippen molar-refractivity contribution >= 4 is 29.7 Å². The number of allylic oxidation sites excluding steroid dienone is 2. The van der Waals surface area contributed by atoms with E-state index in [1.807, 2.05) is 19.2 Å². The number of carbonyl (C=O) groups is 2. The van der Waals surface area contributed by atoms with Gasteiger partial charge in [-0.05, 0) is 143 Å². The van der Waals surface area contributed by atoms with E-state index in [4.69, 9.17) is 23.7 Å². The minimum atomic E-state index is -1.09. The van der Waals surface area contributed by atoms with Crippen LogP contribution in [0.25, 0.3) is 23.3 Å². The Labute approximate surface area is 498 Å². The van der Waals surface area contributed by atoms with Crippen LogP contribution >= 0.6 is 0 Å².